The normalized spacial score (nSPS) is 16.9. The Labute approximate surface area is 70.4 Å². The molecule has 0 atom stereocenters. The van der Waals surface area contributed by atoms with Crippen molar-refractivity contribution < 1.29 is 0 Å². The Hall–Kier alpha value is -1.50. The number of rotatable bonds is 1. The van der Waals surface area contributed by atoms with Gasteiger partial charge in [-0.05, 0) is 12.8 Å². The van der Waals surface area contributed by atoms with Gasteiger partial charge in [-0.25, -0.2) is 0 Å². The van der Waals surface area contributed by atoms with Gasteiger partial charge in [-0.3, -0.25) is 5.10 Å². The third kappa shape index (κ3) is 0.866. The van der Waals surface area contributed by atoms with Crippen LogP contribution in [-0.2, 0) is 0 Å². The molecule has 2 rings (SSSR count). The molecule has 12 heavy (non-hydrogen) atoms. The van der Waals surface area contributed by atoms with Gasteiger partial charge in [0.2, 0.25) is 0 Å². The second-order valence-electron chi connectivity index (χ2n) is 3.14. The Bertz CT molecular complexity index is 329. The molecule has 3 N–H and O–H groups in total. The lowest BCUT2D eigenvalue weighted by molar-refractivity contribution is 0.410. The molecule has 1 aromatic rings. The summed E-state index contributed by atoms with van der Waals surface area (Å²) in [6.45, 7) is 0. The molecule has 1 aliphatic carbocycles. The van der Waals surface area contributed by atoms with Gasteiger partial charge in [0.25, 0.3) is 0 Å². The summed E-state index contributed by atoms with van der Waals surface area (Å²) in [5.74, 6) is 0.823. The first-order valence-corrected chi connectivity index (χ1v) is 4.06. The van der Waals surface area contributed by atoms with E-state index in [1.807, 2.05) is 0 Å². The largest absolute Gasteiger partial charge is 0.381 e. The predicted octanol–water partition coefficient (Wildman–Crippen LogP) is 1.13. The van der Waals surface area contributed by atoms with E-state index < -0.39 is 0 Å². The average molecular weight is 162 g/mol. The number of nitrogens with one attached hydrogen (secondary N) is 1. The highest BCUT2D eigenvalue weighted by Gasteiger charge is 2.25. The maximum absolute atomic E-state index is 8.77. The van der Waals surface area contributed by atoms with Gasteiger partial charge in [0.15, 0.2) is 5.82 Å². The van der Waals surface area contributed by atoms with Crippen LogP contribution < -0.4 is 5.73 Å². The molecule has 0 aliphatic heterocycles. The molecule has 0 amide bonds. The maximum atomic E-state index is 8.77. The van der Waals surface area contributed by atoms with Crippen molar-refractivity contribution in [3.8, 4) is 6.07 Å². The number of aromatic nitrogens is 2. The number of nitriles is 1. The first-order chi connectivity index (χ1) is 5.83. The zero-order chi connectivity index (χ0) is 8.55. The second-order valence-corrected chi connectivity index (χ2v) is 3.14. The van der Waals surface area contributed by atoms with Gasteiger partial charge < -0.3 is 5.73 Å². The summed E-state index contributed by atoms with van der Waals surface area (Å²) in [4.78, 5) is 0. The van der Waals surface area contributed by atoms with Crippen LogP contribution in [0.4, 0.5) is 5.82 Å². The predicted molar refractivity (Wildman–Crippen MR) is 44.3 cm³/mol. The molecule has 1 saturated carbocycles. The van der Waals surface area contributed by atoms with Gasteiger partial charge in [-0.1, -0.05) is 6.42 Å². The van der Waals surface area contributed by atoms with Crippen molar-refractivity contribution in [2.75, 3.05) is 5.73 Å². The van der Waals surface area contributed by atoms with Crippen LogP contribution in [0.1, 0.15) is 36.4 Å². The molecule has 1 aliphatic rings. The van der Waals surface area contributed by atoms with Crippen molar-refractivity contribution in [3.05, 3.63) is 11.3 Å². The van der Waals surface area contributed by atoms with Crippen molar-refractivity contribution in [2.45, 2.75) is 25.2 Å². The minimum Gasteiger partial charge on any atom is -0.381 e. The van der Waals surface area contributed by atoms with Gasteiger partial charge in [0, 0.05) is 5.92 Å². The summed E-state index contributed by atoms with van der Waals surface area (Å²) in [6.07, 6.45) is 3.54. The highest BCUT2D eigenvalue weighted by molar-refractivity contribution is 5.52. The number of aromatic amines is 1. The molecule has 0 saturated heterocycles. The van der Waals surface area contributed by atoms with Crippen molar-refractivity contribution >= 4 is 5.82 Å². The van der Waals surface area contributed by atoms with Crippen LogP contribution in [0.3, 0.4) is 0 Å². The third-order valence-electron chi connectivity index (χ3n) is 2.45. The Morgan fingerprint density at radius 1 is 1.58 bits per heavy atom. The molecule has 1 aromatic heterocycles. The summed E-state index contributed by atoms with van der Waals surface area (Å²) < 4.78 is 0. The Morgan fingerprint density at radius 2 is 2.33 bits per heavy atom. The highest BCUT2D eigenvalue weighted by atomic mass is 15.2. The van der Waals surface area contributed by atoms with Crippen molar-refractivity contribution in [2.24, 2.45) is 0 Å². The lowest BCUT2D eigenvalue weighted by atomic mass is 9.82. The topological polar surface area (TPSA) is 78.5 Å². The first-order valence-electron chi connectivity index (χ1n) is 4.06. The van der Waals surface area contributed by atoms with Gasteiger partial charge in [0.05, 0.1) is 5.69 Å². The molecule has 0 aromatic carbocycles. The summed E-state index contributed by atoms with van der Waals surface area (Å²) in [7, 11) is 0. The SMILES string of the molecule is N#Cc1c(N)n[nH]c1C1CCC1. The molecule has 0 spiro atoms. The second kappa shape index (κ2) is 2.52. The van der Waals surface area contributed by atoms with Gasteiger partial charge in [-0.2, -0.15) is 10.4 Å². The van der Waals surface area contributed by atoms with Crippen LogP contribution in [0.15, 0.2) is 0 Å². The Kier molecular flexibility index (Phi) is 1.51. The van der Waals surface area contributed by atoms with E-state index in [4.69, 9.17) is 11.0 Å². The minimum absolute atomic E-state index is 0.333. The smallest absolute Gasteiger partial charge is 0.163 e. The number of hydrogen-bond acceptors (Lipinski definition) is 3. The summed E-state index contributed by atoms with van der Waals surface area (Å²) >= 11 is 0. The molecule has 62 valence electrons. The van der Waals surface area contributed by atoms with E-state index in [9.17, 15) is 0 Å². The summed E-state index contributed by atoms with van der Waals surface area (Å²) in [5.41, 5.74) is 6.98. The van der Waals surface area contributed by atoms with E-state index >= 15 is 0 Å². The molecule has 0 bridgehead atoms. The monoisotopic (exact) mass is 162 g/mol. The van der Waals surface area contributed by atoms with Gasteiger partial charge in [-0.15, -0.1) is 0 Å². The van der Waals surface area contributed by atoms with E-state index in [0.29, 0.717) is 17.3 Å². The van der Waals surface area contributed by atoms with E-state index in [1.54, 1.807) is 0 Å². The third-order valence-corrected chi connectivity index (χ3v) is 2.45. The van der Waals surface area contributed by atoms with Crippen LogP contribution in [0.2, 0.25) is 0 Å². The lowest BCUT2D eigenvalue weighted by Crippen LogP contribution is -2.10. The first kappa shape index (κ1) is 7.17. The average Bonchev–Trinajstić information content (AvgIpc) is 2.29. The Balaban J connectivity index is 2.37. The number of nitrogen functional groups attached to an aromatic ring is 1. The number of H-pyrrole nitrogens is 1. The van der Waals surface area contributed by atoms with Crippen molar-refractivity contribution in [3.63, 3.8) is 0 Å². The quantitative estimate of drug-likeness (QED) is 0.649. The minimum atomic E-state index is 0.333. The highest BCUT2D eigenvalue weighted by Crippen LogP contribution is 2.37. The standard InChI is InChI=1S/C8H10N4/c9-4-6-7(5-2-1-3-5)11-12-8(6)10/h5H,1-3H2,(H3,10,11,12). The molecule has 1 fully saturated rings. The van der Waals surface area contributed by atoms with E-state index in [1.165, 1.54) is 6.42 Å². The van der Waals surface area contributed by atoms with Gasteiger partial charge >= 0.3 is 0 Å². The van der Waals surface area contributed by atoms with E-state index in [0.717, 1.165) is 18.5 Å². The van der Waals surface area contributed by atoms with Crippen LogP contribution in [0.5, 0.6) is 0 Å². The number of anilines is 1. The van der Waals surface area contributed by atoms with Crippen LogP contribution in [0.25, 0.3) is 0 Å². The fourth-order valence-electron chi connectivity index (χ4n) is 1.48. The van der Waals surface area contributed by atoms with Crippen LogP contribution in [0, 0.1) is 11.3 Å². The lowest BCUT2D eigenvalue weighted by Gasteiger charge is -2.23. The molecule has 0 unspecified atom stereocenters. The molecule has 1 heterocycles. The number of hydrogen-bond donors (Lipinski definition) is 2. The van der Waals surface area contributed by atoms with Crippen LogP contribution >= 0.6 is 0 Å². The number of nitrogens with zero attached hydrogens (tertiary/aromatic N) is 2. The molecule has 4 heteroatoms. The van der Waals surface area contributed by atoms with Gasteiger partial charge in [0.1, 0.15) is 11.6 Å². The zero-order valence-corrected chi connectivity index (χ0v) is 6.67. The molecule has 4 nitrogen and oxygen atoms in total. The fraction of sp³-hybridized carbons (Fsp3) is 0.500. The van der Waals surface area contributed by atoms with Crippen molar-refractivity contribution in [1.29, 1.82) is 5.26 Å². The molecule has 0 radical (unpaired) electrons. The fourth-order valence-corrected chi connectivity index (χ4v) is 1.48. The van der Waals surface area contributed by atoms with E-state index in [-0.39, 0.29) is 0 Å². The van der Waals surface area contributed by atoms with Crippen LogP contribution in [-0.4, -0.2) is 10.2 Å². The number of nitrogens with two attached hydrogens (primary N) is 1. The molecular formula is C8H10N4. The zero-order valence-electron chi connectivity index (χ0n) is 6.67. The van der Waals surface area contributed by atoms with E-state index in [2.05, 4.69) is 16.3 Å². The maximum Gasteiger partial charge on any atom is 0.163 e. The summed E-state index contributed by atoms with van der Waals surface area (Å²) in [6, 6.07) is 2.07. The molecular weight excluding hydrogens is 152 g/mol. The summed E-state index contributed by atoms with van der Waals surface area (Å²) in [5, 5.41) is 15.4. The Morgan fingerprint density at radius 3 is 2.83 bits per heavy atom. The van der Waals surface area contributed by atoms with Crippen molar-refractivity contribution in [1.82, 2.24) is 10.2 Å².